The van der Waals surface area contributed by atoms with E-state index >= 15 is 0 Å². The van der Waals surface area contributed by atoms with Crippen molar-refractivity contribution in [2.45, 2.75) is 4.90 Å². The molecular weight excluding hydrogens is 287 g/mol. The summed E-state index contributed by atoms with van der Waals surface area (Å²) in [5, 5.41) is -3.25. The molecule has 0 saturated carbocycles. The number of hydrogen-bond acceptors (Lipinski definition) is 2. The molecule has 0 aliphatic heterocycles. The summed E-state index contributed by atoms with van der Waals surface area (Å²) in [6, 6.07) is 7.60. The second-order valence-corrected chi connectivity index (χ2v) is 11.2. The van der Waals surface area contributed by atoms with Crippen LogP contribution in [-0.2, 0) is 10.0 Å². The Morgan fingerprint density at radius 3 is 2.00 bits per heavy atom. The third kappa shape index (κ3) is 3.79. The van der Waals surface area contributed by atoms with Gasteiger partial charge in [-0.2, -0.15) is 8.42 Å². The SMILES string of the molecule is O=S(=O)(N=P(Cl)(Cl)Cl)c1ccccc1. The Hall–Kier alpha value is 0.270. The Bertz CT molecular complexity index is 459. The zero-order valence-electron chi connectivity index (χ0n) is 6.64. The third-order valence-corrected chi connectivity index (χ3v) is 5.38. The van der Waals surface area contributed by atoms with E-state index in [0.29, 0.717) is 0 Å². The number of nitrogens with zero attached hydrogens (tertiary/aromatic N) is 1. The Kier molecular flexibility index (Phi) is 3.89. The summed E-state index contributed by atoms with van der Waals surface area (Å²) in [7, 11) is -3.84. The molecule has 14 heavy (non-hydrogen) atoms. The molecule has 0 amide bonds. The Labute approximate surface area is 96.5 Å². The van der Waals surface area contributed by atoms with Crippen LogP contribution >= 0.6 is 38.8 Å². The van der Waals surface area contributed by atoms with Gasteiger partial charge in [-0.1, -0.05) is 18.2 Å². The van der Waals surface area contributed by atoms with Crippen molar-refractivity contribution in [2.75, 3.05) is 0 Å². The average Bonchev–Trinajstić information content (AvgIpc) is 2.01. The number of benzene rings is 1. The highest BCUT2D eigenvalue weighted by atomic mass is 36.0. The predicted molar refractivity (Wildman–Crippen MR) is 60.5 cm³/mol. The fourth-order valence-electron chi connectivity index (χ4n) is 0.761. The quantitative estimate of drug-likeness (QED) is 0.772. The molecule has 1 rings (SSSR count). The molecule has 0 bridgehead atoms. The lowest BCUT2D eigenvalue weighted by atomic mass is 10.4. The summed E-state index contributed by atoms with van der Waals surface area (Å²) < 4.78 is 26.1. The standard InChI is InChI=1S/C6H5Cl3NO2PS/c7-13(8,9)10-14(11,12)6-4-2-1-3-5-6/h1-5H. The van der Waals surface area contributed by atoms with Gasteiger partial charge >= 0.3 is 0 Å². The van der Waals surface area contributed by atoms with Gasteiger partial charge in [-0.3, -0.25) is 0 Å². The first-order valence-corrected chi connectivity index (χ1v) is 9.23. The Morgan fingerprint density at radius 1 is 1.07 bits per heavy atom. The van der Waals surface area contributed by atoms with Crippen molar-refractivity contribution in [1.82, 2.24) is 0 Å². The van der Waals surface area contributed by atoms with Gasteiger partial charge in [0.2, 0.25) is 5.11 Å². The zero-order chi connectivity index (χ0) is 10.8. The van der Waals surface area contributed by atoms with Crippen LogP contribution in [0.4, 0.5) is 0 Å². The van der Waals surface area contributed by atoms with E-state index in [1.807, 2.05) is 0 Å². The molecule has 3 nitrogen and oxygen atoms in total. The second kappa shape index (κ2) is 4.42. The van der Waals surface area contributed by atoms with Crippen molar-refractivity contribution in [2.24, 2.45) is 4.15 Å². The van der Waals surface area contributed by atoms with Gasteiger partial charge in [-0.15, -0.1) is 4.15 Å². The van der Waals surface area contributed by atoms with Crippen LogP contribution in [0.15, 0.2) is 39.4 Å². The highest BCUT2D eigenvalue weighted by Gasteiger charge is 2.17. The van der Waals surface area contributed by atoms with Crippen LogP contribution in [0.25, 0.3) is 0 Å². The third-order valence-electron chi connectivity index (χ3n) is 1.24. The molecule has 0 aromatic heterocycles. The number of rotatable bonds is 2. The van der Waals surface area contributed by atoms with Crippen molar-refractivity contribution >= 4 is 48.9 Å². The molecule has 0 spiro atoms. The van der Waals surface area contributed by atoms with E-state index in [9.17, 15) is 8.42 Å². The molecule has 0 unspecified atom stereocenters. The van der Waals surface area contributed by atoms with Crippen LogP contribution in [-0.4, -0.2) is 8.42 Å². The van der Waals surface area contributed by atoms with E-state index in [1.165, 1.54) is 12.1 Å². The Balaban J connectivity index is 3.25. The van der Waals surface area contributed by atoms with E-state index in [-0.39, 0.29) is 4.90 Å². The van der Waals surface area contributed by atoms with Crippen molar-refractivity contribution in [3.63, 3.8) is 0 Å². The van der Waals surface area contributed by atoms with E-state index in [0.717, 1.165) is 0 Å². The molecule has 0 aliphatic carbocycles. The first kappa shape index (κ1) is 12.3. The molecule has 1 aromatic carbocycles. The van der Waals surface area contributed by atoms with Crippen LogP contribution in [0.1, 0.15) is 0 Å². The average molecular weight is 293 g/mol. The van der Waals surface area contributed by atoms with Crippen LogP contribution in [0.5, 0.6) is 0 Å². The number of sulfonamides is 1. The molecular formula is C6H5Cl3NO2PS. The number of hydrogen-bond donors (Lipinski definition) is 0. The van der Waals surface area contributed by atoms with Crippen LogP contribution in [0.2, 0.25) is 0 Å². The lowest BCUT2D eigenvalue weighted by Crippen LogP contribution is -1.94. The van der Waals surface area contributed by atoms with Crippen LogP contribution in [0.3, 0.4) is 0 Å². The monoisotopic (exact) mass is 291 g/mol. The molecule has 0 fully saturated rings. The molecule has 1 aromatic rings. The van der Waals surface area contributed by atoms with Crippen molar-refractivity contribution in [3.05, 3.63) is 30.3 Å². The smallest absolute Gasteiger partial charge is 0.199 e. The van der Waals surface area contributed by atoms with E-state index in [4.69, 9.17) is 33.7 Å². The van der Waals surface area contributed by atoms with Gasteiger partial charge in [-0.05, 0) is 45.9 Å². The molecule has 0 N–H and O–H groups in total. The van der Waals surface area contributed by atoms with Crippen molar-refractivity contribution in [1.29, 1.82) is 0 Å². The minimum absolute atomic E-state index is 0.0197. The molecule has 0 saturated heterocycles. The van der Waals surface area contributed by atoms with Crippen LogP contribution in [0, 0.1) is 0 Å². The zero-order valence-corrected chi connectivity index (χ0v) is 10.6. The van der Waals surface area contributed by atoms with Gasteiger partial charge in [0.25, 0.3) is 10.0 Å². The fourth-order valence-corrected chi connectivity index (χ4v) is 4.81. The molecule has 8 heteroatoms. The van der Waals surface area contributed by atoms with E-state index < -0.39 is 15.1 Å². The highest BCUT2D eigenvalue weighted by Crippen LogP contribution is 2.66. The maximum atomic E-state index is 11.5. The summed E-state index contributed by atoms with van der Waals surface area (Å²) in [5.41, 5.74) is 0. The predicted octanol–water partition coefficient (Wildman–Crippen LogP) is 4.04. The van der Waals surface area contributed by atoms with Crippen molar-refractivity contribution < 1.29 is 8.42 Å². The first-order chi connectivity index (χ1) is 6.31. The van der Waals surface area contributed by atoms with Gasteiger partial charge in [0, 0.05) is 0 Å². The van der Waals surface area contributed by atoms with Gasteiger partial charge in [-0.25, -0.2) is 0 Å². The second-order valence-electron chi connectivity index (χ2n) is 2.29. The Morgan fingerprint density at radius 2 is 1.57 bits per heavy atom. The molecule has 0 heterocycles. The maximum Gasteiger partial charge on any atom is 0.284 e. The summed E-state index contributed by atoms with van der Waals surface area (Å²) in [6.45, 7) is 0. The topological polar surface area (TPSA) is 46.5 Å². The molecule has 78 valence electrons. The summed E-state index contributed by atoms with van der Waals surface area (Å²) in [5.74, 6) is 0. The van der Waals surface area contributed by atoms with Crippen molar-refractivity contribution in [3.8, 4) is 0 Å². The number of halogens is 3. The molecule has 0 aliphatic rings. The molecule has 0 radical (unpaired) electrons. The lowest BCUT2D eigenvalue weighted by molar-refractivity contribution is 0.598. The minimum Gasteiger partial charge on any atom is -0.199 e. The van der Waals surface area contributed by atoms with Crippen LogP contribution < -0.4 is 0 Å². The lowest BCUT2D eigenvalue weighted by Gasteiger charge is -2.00. The summed E-state index contributed by atoms with van der Waals surface area (Å²) in [6.07, 6.45) is 0. The van der Waals surface area contributed by atoms with Gasteiger partial charge in [0.15, 0.2) is 0 Å². The van der Waals surface area contributed by atoms with E-state index in [1.54, 1.807) is 18.2 Å². The largest absolute Gasteiger partial charge is 0.284 e. The normalized spacial score (nSPS) is 12.5. The van der Waals surface area contributed by atoms with Gasteiger partial charge in [0.05, 0.1) is 4.90 Å². The summed E-state index contributed by atoms with van der Waals surface area (Å²) >= 11 is 16.1. The summed E-state index contributed by atoms with van der Waals surface area (Å²) in [4.78, 5) is 0.0197. The minimum atomic E-state index is -3.84. The highest BCUT2D eigenvalue weighted by molar-refractivity contribution is 8.28. The first-order valence-electron chi connectivity index (χ1n) is 3.34. The maximum absolute atomic E-state index is 11.5. The van der Waals surface area contributed by atoms with E-state index in [2.05, 4.69) is 4.15 Å². The fraction of sp³-hybridized carbons (Fsp3) is 0. The van der Waals surface area contributed by atoms with Gasteiger partial charge < -0.3 is 0 Å². The van der Waals surface area contributed by atoms with Gasteiger partial charge in [0.1, 0.15) is 0 Å². The molecule has 0 atom stereocenters.